The largest absolute Gasteiger partial charge is 1.00 e. The van der Waals surface area contributed by atoms with Crippen LogP contribution in [0.15, 0.2) is 17.0 Å². The standard InChI is InChI=1S/C9H12O2S.K.H/c1-6-4-7(2)9(12(10)11)8(3)5-6;;/h4-5H,1-3H3,(H,10,11);;/q;+1;-1. The molecule has 13 heavy (non-hydrogen) atoms. The Labute approximate surface area is 125 Å². The van der Waals surface area contributed by atoms with E-state index in [0.717, 1.165) is 16.7 Å². The van der Waals surface area contributed by atoms with E-state index in [0.29, 0.717) is 4.90 Å². The van der Waals surface area contributed by atoms with Crippen LogP contribution in [0.5, 0.6) is 0 Å². The van der Waals surface area contributed by atoms with E-state index in [1.807, 2.05) is 32.9 Å². The molecule has 1 aromatic rings. The van der Waals surface area contributed by atoms with Crippen LogP contribution >= 0.6 is 0 Å². The van der Waals surface area contributed by atoms with Crippen LogP contribution < -0.4 is 51.4 Å². The molecule has 0 aliphatic rings. The first-order chi connectivity index (χ1) is 5.52. The van der Waals surface area contributed by atoms with E-state index in [9.17, 15) is 4.21 Å². The molecule has 1 unspecified atom stereocenters. The molecule has 0 saturated carbocycles. The van der Waals surface area contributed by atoms with Crippen LogP contribution in [0.25, 0.3) is 0 Å². The van der Waals surface area contributed by atoms with Crippen LogP contribution in [-0.2, 0) is 11.1 Å². The van der Waals surface area contributed by atoms with E-state index in [1.165, 1.54) is 0 Å². The van der Waals surface area contributed by atoms with Crippen LogP contribution in [0.1, 0.15) is 18.1 Å². The van der Waals surface area contributed by atoms with Gasteiger partial charge in [-0.1, -0.05) is 17.7 Å². The van der Waals surface area contributed by atoms with Gasteiger partial charge in [-0.2, -0.15) is 0 Å². The van der Waals surface area contributed by atoms with Gasteiger partial charge in [-0.25, -0.2) is 4.21 Å². The minimum atomic E-state index is -1.86. The van der Waals surface area contributed by atoms with Crippen LogP contribution in [-0.4, -0.2) is 8.76 Å². The van der Waals surface area contributed by atoms with Gasteiger partial charge in [-0.3, -0.25) is 0 Å². The van der Waals surface area contributed by atoms with Crippen LogP contribution in [0, 0.1) is 20.8 Å². The first kappa shape index (κ1) is 14.0. The second kappa shape index (κ2) is 5.75. The fourth-order valence-electron chi connectivity index (χ4n) is 1.44. The Morgan fingerprint density at radius 2 is 1.62 bits per heavy atom. The Morgan fingerprint density at radius 3 is 1.92 bits per heavy atom. The van der Waals surface area contributed by atoms with Crippen LogP contribution in [0.3, 0.4) is 0 Å². The molecular weight excluding hydrogens is 211 g/mol. The second-order valence-corrected chi connectivity index (χ2v) is 3.88. The summed E-state index contributed by atoms with van der Waals surface area (Å²) in [6.45, 7) is 5.68. The van der Waals surface area contributed by atoms with Gasteiger partial charge in [0.1, 0.15) is 0 Å². The Balaban J connectivity index is 0. The molecule has 1 rings (SSSR count). The molecular formula is C9H13KO2S. The quantitative estimate of drug-likeness (QED) is 0.506. The van der Waals surface area contributed by atoms with Crippen molar-refractivity contribution in [3.8, 4) is 0 Å². The zero-order valence-electron chi connectivity index (χ0n) is 9.42. The van der Waals surface area contributed by atoms with Gasteiger partial charge in [0.25, 0.3) is 0 Å². The molecule has 0 saturated heterocycles. The summed E-state index contributed by atoms with van der Waals surface area (Å²) >= 11 is -1.86. The van der Waals surface area contributed by atoms with Crippen molar-refractivity contribution in [3.63, 3.8) is 0 Å². The number of aryl methyl sites for hydroxylation is 3. The van der Waals surface area contributed by atoms with Gasteiger partial charge in [-0.15, -0.1) is 0 Å². The maximum absolute atomic E-state index is 10.9. The summed E-state index contributed by atoms with van der Waals surface area (Å²) in [7, 11) is 0. The summed E-state index contributed by atoms with van der Waals surface area (Å²) in [6.07, 6.45) is 0. The zero-order valence-corrected chi connectivity index (χ0v) is 12.4. The molecule has 0 aliphatic heterocycles. The fraction of sp³-hybridized carbons (Fsp3) is 0.333. The second-order valence-electron chi connectivity index (χ2n) is 2.98. The Kier molecular flexibility index (Phi) is 6.18. The molecule has 68 valence electrons. The van der Waals surface area contributed by atoms with Gasteiger partial charge in [0, 0.05) is 0 Å². The molecule has 0 radical (unpaired) electrons. The summed E-state index contributed by atoms with van der Waals surface area (Å²) in [5.41, 5.74) is 2.89. The third-order valence-electron chi connectivity index (χ3n) is 1.78. The van der Waals surface area contributed by atoms with Crippen molar-refractivity contribution in [1.29, 1.82) is 0 Å². The predicted octanol–water partition coefficient (Wildman–Crippen LogP) is -0.691. The molecule has 0 bridgehead atoms. The minimum Gasteiger partial charge on any atom is -1.00 e. The summed E-state index contributed by atoms with van der Waals surface area (Å²) in [5, 5.41) is 0. The molecule has 4 heteroatoms. The summed E-state index contributed by atoms with van der Waals surface area (Å²) in [4.78, 5) is 0.542. The van der Waals surface area contributed by atoms with Crippen LogP contribution in [0.4, 0.5) is 0 Å². The van der Waals surface area contributed by atoms with Gasteiger partial charge >= 0.3 is 51.4 Å². The average molecular weight is 224 g/mol. The normalized spacial score (nSPS) is 12.0. The minimum absolute atomic E-state index is 0. The zero-order chi connectivity index (χ0) is 9.30. The smallest absolute Gasteiger partial charge is 1.00 e. The molecule has 1 aromatic carbocycles. The van der Waals surface area contributed by atoms with Crippen molar-refractivity contribution in [2.75, 3.05) is 0 Å². The van der Waals surface area contributed by atoms with Crippen molar-refractivity contribution >= 4 is 11.1 Å². The van der Waals surface area contributed by atoms with E-state index in [-0.39, 0.29) is 52.8 Å². The van der Waals surface area contributed by atoms with Crippen molar-refractivity contribution < 1.29 is 61.6 Å². The summed E-state index contributed by atoms with van der Waals surface area (Å²) in [6, 6.07) is 3.83. The number of benzene rings is 1. The van der Waals surface area contributed by atoms with Gasteiger partial charge in [-0.05, 0) is 31.9 Å². The number of rotatable bonds is 1. The van der Waals surface area contributed by atoms with Gasteiger partial charge in [0.15, 0.2) is 11.1 Å². The summed E-state index contributed by atoms with van der Waals surface area (Å²) < 4.78 is 19.8. The van der Waals surface area contributed by atoms with E-state index in [4.69, 9.17) is 4.55 Å². The van der Waals surface area contributed by atoms with Gasteiger partial charge in [0.2, 0.25) is 0 Å². The number of hydrogen-bond donors (Lipinski definition) is 1. The SMILES string of the molecule is Cc1cc(C)c(S(=O)O)c(C)c1.[H-].[K+]. The predicted molar refractivity (Wildman–Crippen MR) is 50.8 cm³/mol. The third kappa shape index (κ3) is 3.55. The average Bonchev–Trinajstić information content (AvgIpc) is 1.82. The summed E-state index contributed by atoms with van der Waals surface area (Å²) in [5.74, 6) is 0. The van der Waals surface area contributed by atoms with Crippen molar-refractivity contribution in [2.24, 2.45) is 0 Å². The van der Waals surface area contributed by atoms with E-state index in [1.54, 1.807) is 0 Å². The molecule has 0 amide bonds. The topological polar surface area (TPSA) is 37.3 Å². The van der Waals surface area contributed by atoms with Crippen molar-refractivity contribution in [3.05, 3.63) is 28.8 Å². The Morgan fingerprint density at radius 1 is 1.23 bits per heavy atom. The molecule has 1 N–H and O–H groups in total. The first-order valence-electron chi connectivity index (χ1n) is 3.71. The molecule has 0 spiro atoms. The molecule has 0 fully saturated rings. The molecule has 1 atom stereocenters. The van der Waals surface area contributed by atoms with Crippen molar-refractivity contribution in [2.45, 2.75) is 25.7 Å². The maximum Gasteiger partial charge on any atom is 1.00 e. The number of hydrogen-bond acceptors (Lipinski definition) is 1. The monoisotopic (exact) mass is 224 g/mol. The van der Waals surface area contributed by atoms with Gasteiger partial charge in [0.05, 0.1) is 4.90 Å². The molecule has 0 aromatic heterocycles. The molecule has 0 heterocycles. The van der Waals surface area contributed by atoms with Crippen molar-refractivity contribution in [1.82, 2.24) is 0 Å². The fourth-order valence-corrected chi connectivity index (χ4v) is 2.11. The third-order valence-corrected chi connectivity index (χ3v) is 2.77. The van der Waals surface area contributed by atoms with E-state index >= 15 is 0 Å². The maximum atomic E-state index is 10.9. The molecule has 0 aliphatic carbocycles. The van der Waals surface area contributed by atoms with E-state index in [2.05, 4.69) is 0 Å². The van der Waals surface area contributed by atoms with Crippen LogP contribution in [0.2, 0.25) is 0 Å². The van der Waals surface area contributed by atoms with E-state index < -0.39 is 11.1 Å². The molecule has 2 nitrogen and oxygen atoms in total. The van der Waals surface area contributed by atoms with Gasteiger partial charge < -0.3 is 5.98 Å². The Hall–Kier alpha value is 0.966. The Bertz CT molecular complexity index is 319. The first-order valence-corrected chi connectivity index (χ1v) is 4.81.